The first-order valence-corrected chi connectivity index (χ1v) is 8.37. The van der Waals surface area contributed by atoms with E-state index in [9.17, 15) is 0 Å². The maximum atomic E-state index is 4.52. The molecule has 5 heteroatoms. The third kappa shape index (κ3) is 2.41. The fraction of sp³-hybridized carbons (Fsp3) is 0.294. The first-order chi connectivity index (χ1) is 10.7. The van der Waals surface area contributed by atoms with Gasteiger partial charge in [-0.15, -0.1) is 0 Å². The van der Waals surface area contributed by atoms with Crippen molar-refractivity contribution in [2.75, 3.05) is 5.43 Å². The molecule has 112 valence electrons. The number of fused-ring (bicyclic) bond motifs is 1. The fourth-order valence-corrected chi connectivity index (χ4v) is 3.72. The fourth-order valence-electron chi connectivity index (χ4n) is 2.90. The number of benzene rings is 1. The lowest BCUT2D eigenvalue weighted by Crippen LogP contribution is -1.99. The van der Waals surface area contributed by atoms with Crippen LogP contribution in [0.1, 0.15) is 35.8 Å². The van der Waals surface area contributed by atoms with Crippen molar-refractivity contribution >= 4 is 32.9 Å². The van der Waals surface area contributed by atoms with Crippen molar-refractivity contribution in [2.24, 2.45) is 5.10 Å². The molecule has 22 heavy (non-hydrogen) atoms. The summed E-state index contributed by atoms with van der Waals surface area (Å²) < 4.78 is 3.60. The van der Waals surface area contributed by atoms with E-state index in [4.69, 9.17) is 0 Å². The van der Waals surface area contributed by atoms with Crippen LogP contribution in [-0.2, 0) is 0 Å². The molecule has 0 spiro atoms. The summed E-state index contributed by atoms with van der Waals surface area (Å²) in [7, 11) is 0. The Bertz CT molecular complexity index is 822. The summed E-state index contributed by atoms with van der Waals surface area (Å²) >= 11 is 1.62. The summed E-state index contributed by atoms with van der Waals surface area (Å²) in [6.07, 6.45) is 4.50. The van der Waals surface area contributed by atoms with Crippen LogP contribution in [0.3, 0.4) is 0 Å². The summed E-state index contributed by atoms with van der Waals surface area (Å²) in [5.74, 6) is 0. The second kappa shape index (κ2) is 5.25. The highest BCUT2D eigenvalue weighted by molar-refractivity contribution is 7.22. The predicted molar refractivity (Wildman–Crippen MR) is 93.0 cm³/mol. The van der Waals surface area contributed by atoms with E-state index < -0.39 is 0 Å². The summed E-state index contributed by atoms with van der Waals surface area (Å²) in [6, 6.07) is 11.0. The molecule has 4 rings (SSSR count). The highest BCUT2D eigenvalue weighted by Gasteiger charge is 2.26. The topological polar surface area (TPSA) is 42.2 Å². The third-order valence-corrected chi connectivity index (χ3v) is 5.03. The average molecular weight is 310 g/mol. The van der Waals surface area contributed by atoms with Crippen LogP contribution in [0, 0.1) is 13.8 Å². The quantitative estimate of drug-likeness (QED) is 0.569. The zero-order chi connectivity index (χ0) is 15.1. The summed E-state index contributed by atoms with van der Waals surface area (Å²) in [5.41, 5.74) is 7.86. The molecule has 0 saturated heterocycles. The SMILES string of the molecule is Cc1cc(/C=N\Nc2nc3ccccc3s2)c(C)n1C1CC1. The second-order valence-electron chi connectivity index (χ2n) is 5.78. The Balaban J connectivity index is 1.53. The maximum absolute atomic E-state index is 4.52. The molecule has 0 amide bonds. The Morgan fingerprint density at radius 2 is 2.14 bits per heavy atom. The second-order valence-corrected chi connectivity index (χ2v) is 6.82. The summed E-state index contributed by atoms with van der Waals surface area (Å²) in [5, 5.41) is 5.19. The number of nitrogens with zero attached hydrogens (tertiary/aromatic N) is 3. The molecular formula is C17H18N4S. The van der Waals surface area contributed by atoms with Gasteiger partial charge in [-0.2, -0.15) is 5.10 Å². The van der Waals surface area contributed by atoms with Gasteiger partial charge >= 0.3 is 0 Å². The molecule has 0 unspecified atom stereocenters. The van der Waals surface area contributed by atoms with Crippen LogP contribution < -0.4 is 5.43 Å². The lowest BCUT2D eigenvalue weighted by molar-refractivity contribution is 0.699. The van der Waals surface area contributed by atoms with Gasteiger partial charge < -0.3 is 4.57 Å². The van der Waals surface area contributed by atoms with Gasteiger partial charge in [-0.1, -0.05) is 23.5 Å². The van der Waals surface area contributed by atoms with Gasteiger partial charge in [-0.3, -0.25) is 5.43 Å². The van der Waals surface area contributed by atoms with E-state index in [0.717, 1.165) is 10.6 Å². The number of rotatable bonds is 4. The number of nitrogens with one attached hydrogen (secondary N) is 1. The average Bonchev–Trinajstić information content (AvgIpc) is 3.18. The van der Waals surface area contributed by atoms with Gasteiger partial charge in [0.25, 0.3) is 0 Å². The van der Waals surface area contributed by atoms with Crippen LogP contribution in [0.2, 0.25) is 0 Å². The number of aromatic nitrogens is 2. The van der Waals surface area contributed by atoms with Crippen molar-refractivity contribution in [1.82, 2.24) is 9.55 Å². The molecule has 2 heterocycles. The third-order valence-electron chi connectivity index (χ3n) is 4.09. The van der Waals surface area contributed by atoms with Gasteiger partial charge in [-0.05, 0) is 44.9 Å². The van der Waals surface area contributed by atoms with Gasteiger partial charge in [0.2, 0.25) is 5.13 Å². The monoisotopic (exact) mass is 310 g/mol. The van der Waals surface area contributed by atoms with Crippen LogP contribution in [-0.4, -0.2) is 15.8 Å². The molecule has 1 saturated carbocycles. The predicted octanol–water partition coefficient (Wildman–Crippen LogP) is 4.50. The van der Waals surface area contributed by atoms with E-state index in [0.29, 0.717) is 6.04 Å². The Kier molecular flexibility index (Phi) is 3.22. The Morgan fingerprint density at radius 1 is 1.32 bits per heavy atom. The minimum atomic E-state index is 0.708. The van der Waals surface area contributed by atoms with Crippen LogP contribution >= 0.6 is 11.3 Å². The molecule has 0 atom stereocenters. The van der Waals surface area contributed by atoms with Crippen molar-refractivity contribution in [1.29, 1.82) is 0 Å². The van der Waals surface area contributed by atoms with E-state index in [1.165, 1.54) is 34.5 Å². The minimum absolute atomic E-state index is 0.708. The van der Waals surface area contributed by atoms with E-state index in [-0.39, 0.29) is 0 Å². The van der Waals surface area contributed by atoms with Gasteiger partial charge in [0, 0.05) is 23.0 Å². The molecule has 1 aliphatic carbocycles. The molecule has 1 aromatic carbocycles. The van der Waals surface area contributed by atoms with Crippen molar-refractivity contribution in [3.05, 3.63) is 47.3 Å². The minimum Gasteiger partial charge on any atom is -0.345 e. The molecule has 0 radical (unpaired) electrons. The lowest BCUT2D eigenvalue weighted by Gasteiger charge is -2.06. The molecule has 1 aliphatic rings. The zero-order valence-electron chi connectivity index (χ0n) is 12.7. The standard InChI is InChI=1S/C17H18N4S/c1-11-9-13(12(2)21(11)14-7-8-14)10-18-20-17-19-15-5-3-4-6-16(15)22-17/h3-6,9-10,14H,7-8H2,1-2H3,(H,19,20)/b18-10-. The van der Waals surface area contributed by atoms with Gasteiger partial charge in [0.15, 0.2) is 0 Å². The van der Waals surface area contributed by atoms with Gasteiger partial charge in [0.1, 0.15) is 0 Å². The molecule has 2 aromatic heterocycles. The smallest absolute Gasteiger partial charge is 0.204 e. The van der Waals surface area contributed by atoms with Gasteiger partial charge in [0.05, 0.1) is 16.4 Å². The highest BCUT2D eigenvalue weighted by Crippen LogP contribution is 2.38. The van der Waals surface area contributed by atoms with Crippen molar-refractivity contribution in [3.8, 4) is 0 Å². The largest absolute Gasteiger partial charge is 0.345 e. The number of hydrogen-bond acceptors (Lipinski definition) is 4. The first-order valence-electron chi connectivity index (χ1n) is 7.55. The van der Waals surface area contributed by atoms with Crippen molar-refractivity contribution < 1.29 is 0 Å². The van der Waals surface area contributed by atoms with Crippen LogP contribution in [0.5, 0.6) is 0 Å². The molecule has 1 N–H and O–H groups in total. The van der Waals surface area contributed by atoms with E-state index >= 15 is 0 Å². The molecule has 3 aromatic rings. The summed E-state index contributed by atoms with van der Waals surface area (Å²) in [6.45, 7) is 4.34. The van der Waals surface area contributed by atoms with Gasteiger partial charge in [-0.25, -0.2) is 4.98 Å². The Morgan fingerprint density at radius 3 is 2.91 bits per heavy atom. The van der Waals surface area contributed by atoms with E-state index in [2.05, 4.69) is 46.1 Å². The molecular weight excluding hydrogens is 292 g/mol. The summed E-state index contributed by atoms with van der Waals surface area (Å²) in [4.78, 5) is 4.52. The van der Waals surface area contributed by atoms with Crippen LogP contribution in [0.25, 0.3) is 10.2 Å². The van der Waals surface area contributed by atoms with Crippen molar-refractivity contribution in [2.45, 2.75) is 32.7 Å². The highest BCUT2D eigenvalue weighted by atomic mass is 32.1. The number of hydrazone groups is 1. The molecule has 0 bridgehead atoms. The number of hydrogen-bond donors (Lipinski definition) is 1. The van der Waals surface area contributed by atoms with Crippen molar-refractivity contribution in [3.63, 3.8) is 0 Å². The first kappa shape index (κ1) is 13.5. The normalized spacial score (nSPS) is 15.0. The van der Waals surface area contributed by atoms with E-state index in [1.807, 2.05) is 24.4 Å². The Hall–Kier alpha value is -2.14. The van der Waals surface area contributed by atoms with Crippen LogP contribution in [0.4, 0.5) is 5.13 Å². The van der Waals surface area contributed by atoms with Crippen LogP contribution in [0.15, 0.2) is 35.4 Å². The number of aryl methyl sites for hydroxylation is 1. The maximum Gasteiger partial charge on any atom is 0.204 e. The molecule has 0 aliphatic heterocycles. The number of anilines is 1. The van der Waals surface area contributed by atoms with E-state index in [1.54, 1.807) is 11.3 Å². The number of para-hydroxylation sites is 1. The number of thiazole rings is 1. The zero-order valence-corrected chi connectivity index (χ0v) is 13.5. The lowest BCUT2D eigenvalue weighted by atomic mass is 10.3. The molecule has 1 fully saturated rings. The Labute approximate surface area is 133 Å². The molecule has 4 nitrogen and oxygen atoms in total.